The van der Waals surface area contributed by atoms with Crippen LogP contribution in [0, 0.1) is 5.82 Å². The standard InChI is InChI=1S/C15H24FN3O4S/c1-18(2)24(21,22)17-14-6-7-19(10-15(14)20)9-11-4-5-12(23-3)8-13(11)16/h4-5,8,14-15,17,20H,6-7,9-10H2,1-3H3. The smallest absolute Gasteiger partial charge is 0.279 e. The van der Waals surface area contributed by atoms with E-state index in [2.05, 4.69) is 4.72 Å². The normalized spacial score (nSPS) is 22.8. The number of ether oxygens (including phenoxy) is 1. The van der Waals surface area contributed by atoms with Crippen LogP contribution in [0.4, 0.5) is 4.39 Å². The van der Waals surface area contributed by atoms with Gasteiger partial charge >= 0.3 is 0 Å². The molecule has 7 nitrogen and oxygen atoms in total. The zero-order valence-electron chi connectivity index (χ0n) is 14.1. The average molecular weight is 361 g/mol. The van der Waals surface area contributed by atoms with Crippen LogP contribution in [0.2, 0.25) is 0 Å². The number of piperidine rings is 1. The summed E-state index contributed by atoms with van der Waals surface area (Å²) in [6, 6.07) is 4.12. The van der Waals surface area contributed by atoms with Crippen molar-refractivity contribution in [3.05, 3.63) is 29.6 Å². The molecule has 9 heteroatoms. The molecule has 1 heterocycles. The summed E-state index contributed by atoms with van der Waals surface area (Å²) in [5.41, 5.74) is 0.510. The predicted molar refractivity (Wildman–Crippen MR) is 88.4 cm³/mol. The molecular formula is C15H24FN3O4S. The first kappa shape index (κ1) is 19.1. The summed E-state index contributed by atoms with van der Waals surface area (Å²) >= 11 is 0. The maximum absolute atomic E-state index is 14.0. The molecule has 0 bridgehead atoms. The van der Waals surface area contributed by atoms with Crippen LogP contribution in [0.5, 0.6) is 5.75 Å². The summed E-state index contributed by atoms with van der Waals surface area (Å²) in [5, 5.41) is 10.2. The van der Waals surface area contributed by atoms with E-state index in [9.17, 15) is 17.9 Å². The highest BCUT2D eigenvalue weighted by atomic mass is 32.2. The Morgan fingerprint density at radius 1 is 1.46 bits per heavy atom. The van der Waals surface area contributed by atoms with Crippen LogP contribution in [0.1, 0.15) is 12.0 Å². The van der Waals surface area contributed by atoms with Crippen LogP contribution >= 0.6 is 0 Å². The van der Waals surface area contributed by atoms with Gasteiger partial charge in [-0.25, -0.2) is 4.39 Å². The van der Waals surface area contributed by atoms with Gasteiger partial charge in [0.15, 0.2) is 0 Å². The molecule has 1 aliphatic rings. The minimum atomic E-state index is -3.59. The van der Waals surface area contributed by atoms with Gasteiger partial charge in [-0.1, -0.05) is 6.07 Å². The molecule has 2 unspecified atom stereocenters. The summed E-state index contributed by atoms with van der Waals surface area (Å²) < 4.78 is 46.2. The summed E-state index contributed by atoms with van der Waals surface area (Å²) in [6.07, 6.45) is -0.402. The number of rotatable bonds is 6. The lowest BCUT2D eigenvalue weighted by atomic mass is 10.0. The van der Waals surface area contributed by atoms with Crippen LogP contribution < -0.4 is 9.46 Å². The highest BCUT2D eigenvalue weighted by Crippen LogP contribution is 2.20. The van der Waals surface area contributed by atoms with Gasteiger partial charge in [0, 0.05) is 45.4 Å². The summed E-state index contributed by atoms with van der Waals surface area (Å²) in [5.74, 6) is 0.0901. The molecule has 2 N–H and O–H groups in total. The number of halogens is 1. The van der Waals surface area contributed by atoms with Gasteiger partial charge in [-0.05, 0) is 12.5 Å². The van der Waals surface area contributed by atoms with E-state index in [1.54, 1.807) is 12.1 Å². The minimum Gasteiger partial charge on any atom is -0.497 e. The largest absolute Gasteiger partial charge is 0.497 e. The van der Waals surface area contributed by atoms with Crippen molar-refractivity contribution >= 4 is 10.2 Å². The number of nitrogens with one attached hydrogen (secondary N) is 1. The number of β-amino-alcohol motifs (C(OH)–C–C–N with tert-alkyl or cyclic N) is 1. The molecule has 0 amide bonds. The Morgan fingerprint density at radius 2 is 2.17 bits per heavy atom. The van der Waals surface area contributed by atoms with Crippen molar-refractivity contribution in [3.8, 4) is 5.75 Å². The van der Waals surface area contributed by atoms with Gasteiger partial charge in [-0.3, -0.25) is 4.90 Å². The maximum Gasteiger partial charge on any atom is 0.279 e. The van der Waals surface area contributed by atoms with E-state index in [0.717, 1.165) is 4.31 Å². The molecule has 1 aliphatic heterocycles. The molecule has 0 spiro atoms. The van der Waals surface area contributed by atoms with E-state index in [4.69, 9.17) is 4.74 Å². The summed E-state index contributed by atoms with van der Waals surface area (Å²) in [6.45, 7) is 1.18. The third-order valence-electron chi connectivity index (χ3n) is 4.10. The minimum absolute atomic E-state index is 0.270. The molecule has 0 radical (unpaired) electrons. The maximum atomic E-state index is 14.0. The van der Waals surface area contributed by atoms with Crippen molar-refractivity contribution in [2.24, 2.45) is 0 Å². The van der Waals surface area contributed by atoms with E-state index < -0.39 is 22.4 Å². The van der Waals surface area contributed by atoms with E-state index in [1.165, 1.54) is 27.3 Å². The second kappa shape index (κ2) is 7.75. The van der Waals surface area contributed by atoms with Gasteiger partial charge in [0.2, 0.25) is 0 Å². The second-order valence-corrected chi connectivity index (χ2v) is 7.98. The van der Waals surface area contributed by atoms with Crippen LogP contribution in [-0.2, 0) is 16.8 Å². The summed E-state index contributed by atoms with van der Waals surface area (Å²) in [7, 11) is 0.740. The molecule has 0 aliphatic carbocycles. The Hall–Kier alpha value is -1.26. The Kier molecular flexibility index (Phi) is 6.16. The summed E-state index contributed by atoms with van der Waals surface area (Å²) in [4.78, 5) is 1.90. The molecule has 1 fully saturated rings. The number of methoxy groups -OCH3 is 1. The van der Waals surface area contributed by atoms with Crippen LogP contribution in [0.15, 0.2) is 18.2 Å². The molecule has 2 atom stereocenters. The number of hydrogen-bond acceptors (Lipinski definition) is 5. The lowest BCUT2D eigenvalue weighted by molar-refractivity contribution is 0.0437. The first-order valence-corrected chi connectivity index (χ1v) is 9.09. The second-order valence-electron chi connectivity index (χ2n) is 6.06. The highest BCUT2D eigenvalue weighted by molar-refractivity contribution is 7.87. The Morgan fingerprint density at radius 3 is 2.71 bits per heavy atom. The fourth-order valence-electron chi connectivity index (χ4n) is 2.60. The number of hydrogen-bond donors (Lipinski definition) is 2. The molecule has 1 aromatic rings. The number of nitrogens with zero attached hydrogens (tertiary/aromatic N) is 2. The highest BCUT2D eigenvalue weighted by Gasteiger charge is 2.31. The fourth-order valence-corrected chi connectivity index (χ4v) is 3.47. The number of aliphatic hydroxyl groups is 1. The Bertz CT molecular complexity index is 669. The first-order chi connectivity index (χ1) is 11.2. The Labute approximate surface area is 142 Å². The van der Waals surface area contributed by atoms with Crippen molar-refractivity contribution in [2.45, 2.75) is 25.1 Å². The van der Waals surface area contributed by atoms with Crippen LogP contribution in [-0.4, -0.2) is 69.2 Å². The van der Waals surface area contributed by atoms with Gasteiger partial charge in [0.1, 0.15) is 11.6 Å². The quantitative estimate of drug-likeness (QED) is 0.755. The molecule has 0 saturated carbocycles. The van der Waals surface area contributed by atoms with Crippen LogP contribution in [0.3, 0.4) is 0 Å². The molecule has 1 saturated heterocycles. The molecule has 1 aromatic carbocycles. The average Bonchev–Trinajstić information content (AvgIpc) is 2.51. The number of aliphatic hydroxyl groups excluding tert-OH is 1. The third-order valence-corrected chi connectivity index (χ3v) is 5.66. The predicted octanol–water partition coefficient (Wildman–Crippen LogP) is 0.166. The Balaban J connectivity index is 1.96. The van der Waals surface area contributed by atoms with Gasteiger partial charge in [0.25, 0.3) is 10.2 Å². The number of likely N-dealkylation sites (tertiary alicyclic amines) is 1. The first-order valence-electron chi connectivity index (χ1n) is 7.65. The monoisotopic (exact) mass is 361 g/mol. The van der Waals surface area contributed by atoms with E-state index in [0.29, 0.717) is 30.8 Å². The van der Waals surface area contributed by atoms with Gasteiger partial charge in [-0.2, -0.15) is 17.4 Å². The van der Waals surface area contributed by atoms with E-state index in [-0.39, 0.29) is 12.4 Å². The van der Waals surface area contributed by atoms with Crippen molar-refractivity contribution < 1.29 is 22.7 Å². The molecule has 0 aromatic heterocycles. The van der Waals surface area contributed by atoms with Crippen molar-refractivity contribution in [1.82, 2.24) is 13.9 Å². The molecule has 136 valence electrons. The number of benzene rings is 1. The fraction of sp³-hybridized carbons (Fsp3) is 0.600. The van der Waals surface area contributed by atoms with Crippen LogP contribution in [0.25, 0.3) is 0 Å². The van der Waals surface area contributed by atoms with Crippen molar-refractivity contribution in [2.75, 3.05) is 34.3 Å². The van der Waals surface area contributed by atoms with Gasteiger partial charge < -0.3 is 9.84 Å². The topological polar surface area (TPSA) is 82.1 Å². The molecular weight excluding hydrogens is 337 g/mol. The van der Waals surface area contributed by atoms with Crippen molar-refractivity contribution in [1.29, 1.82) is 0 Å². The van der Waals surface area contributed by atoms with Gasteiger partial charge in [0.05, 0.1) is 19.3 Å². The molecule has 24 heavy (non-hydrogen) atoms. The van der Waals surface area contributed by atoms with Crippen molar-refractivity contribution in [3.63, 3.8) is 0 Å². The molecule has 2 rings (SSSR count). The third kappa shape index (κ3) is 4.64. The zero-order chi connectivity index (χ0) is 17.9. The zero-order valence-corrected chi connectivity index (χ0v) is 14.9. The SMILES string of the molecule is COc1ccc(CN2CCC(NS(=O)(=O)N(C)C)C(O)C2)c(F)c1. The lowest BCUT2D eigenvalue weighted by Gasteiger charge is -2.36. The van der Waals surface area contributed by atoms with E-state index in [1.807, 2.05) is 4.90 Å². The van der Waals surface area contributed by atoms with Gasteiger partial charge in [-0.15, -0.1) is 0 Å². The lowest BCUT2D eigenvalue weighted by Crippen LogP contribution is -2.55. The van der Waals surface area contributed by atoms with E-state index >= 15 is 0 Å².